The maximum atomic E-state index is 11.7. The van der Waals surface area contributed by atoms with Crippen LogP contribution >= 0.6 is 0 Å². The number of Topliss-reactive ketones (excluding diaryl/α,β-unsaturated/α-hetero) is 1. The molecule has 0 spiro atoms. The number of nitrogens with zero attached hydrogens (tertiary/aromatic N) is 1. The summed E-state index contributed by atoms with van der Waals surface area (Å²) >= 11 is 0. The molecular weight excluding hydrogens is 244 g/mol. The van der Waals surface area contributed by atoms with Crippen LogP contribution in [0.5, 0.6) is 0 Å². The highest BCUT2D eigenvalue weighted by Gasteiger charge is 2.16. The van der Waals surface area contributed by atoms with E-state index in [9.17, 15) is 9.59 Å². The smallest absolute Gasteiger partial charge is 0.338 e. The van der Waals surface area contributed by atoms with Gasteiger partial charge in [0.15, 0.2) is 6.61 Å². The van der Waals surface area contributed by atoms with Crippen LogP contribution in [-0.4, -0.2) is 18.4 Å². The van der Waals surface area contributed by atoms with Gasteiger partial charge in [0, 0.05) is 5.70 Å². The standard InChI is InChI=1S/C14H14N2O3/c1-9-5-3-4-6-11(9)14(18)19-8-13(17)12(7-15)10(2)16/h3-6H,8,16H2,1-2H3/b12-10+. The number of nitrogens with two attached hydrogens (primary N) is 1. The molecule has 0 saturated heterocycles. The van der Waals surface area contributed by atoms with Crippen LogP contribution in [0.4, 0.5) is 0 Å². The van der Waals surface area contributed by atoms with Crippen molar-refractivity contribution in [1.29, 1.82) is 5.26 Å². The van der Waals surface area contributed by atoms with Crippen LogP contribution in [0.1, 0.15) is 22.8 Å². The summed E-state index contributed by atoms with van der Waals surface area (Å²) in [5.41, 5.74) is 6.46. The Morgan fingerprint density at radius 2 is 2.00 bits per heavy atom. The molecule has 0 aliphatic heterocycles. The molecule has 0 saturated carbocycles. The lowest BCUT2D eigenvalue weighted by Crippen LogP contribution is -2.18. The highest BCUT2D eigenvalue weighted by Crippen LogP contribution is 2.09. The van der Waals surface area contributed by atoms with Gasteiger partial charge in [-0.05, 0) is 25.5 Å². The predicted octanol–water partition coefficient (Wildman–Crippen LogP) is 1.48. The lowest BCUT2D eigenvalue weighted by atomic mass is 10.1. The monoisotopic (exact) mass is 258 g/mol. The molecule has 0 radical (unpaired) electrons. The second-order valence-electron chi connectivity index (χ2n) is 3.98. The van der Waals surface area contributed by atoms with E-state index in [-0.39, 0.29) is 11.3 Å². The van der Waals surface area contributed by atoms with E-state index in [1.165, 1.54) is 6.92 Å². The zero-order chi connectivity index (χ0) is 14.4. The summed E-state index contributed by atoms with van der Waals surface area (Å²) in [6.07, 6.45) is 0. The number of ether oxygens (including phenoxy) is 1. The van der Waals surface area contributed by atoms with Gasteiger partial charge in [0.1, 0.15) is 11.6 Å². The van der Waals surface area contributed by atoms with Crippen molar-refractivity contribution in [3.63, 3.8) is 0 Å². The van der Waals surface area contributed by atoms with Gasteiger partial charge in [-0.2, -0.15) is 5.26 Å². The van der Waals surface area contributed by atoms with E-state index in [1.807, 2.05) is 0 Å². The molecule has 2 N–H and O–H groups in total. The Hall–Kier alpha value is -2.61. The van der Waals surface area contributed by atoms with E-state index in [0.717, 1.165) is 5.56 Å². The fourth-order valence-corrected chi connectivity index (χ4v) is 1.45. The number of carbonyl (C=O) groups is 2. The fourth-order valence-electron chi connectivity index (χ4n) is 1.45. The molecule has 0 aromatic heterocycles. The van der Waals surface area contributed by atoms with E-state index >= 15 is 0 Å². The van der Waals surface area contributed by atoms with E-state index in [1.54, 1.807) is 37.3 Å². The van der Waals surface area contributed by atoms with Crippen LogP contribution < -0.4 is 5.73 Å². The number of benzene rings is 1. The van der Waals surface area contributed by atoms with Crippen molar-refractivity contribution in [3.05, 3.63) is 46.7 Å². The molecule has 0 amide bonds. The summed E-state index contributed by atoms with van der Waals surface area (Å²) in [4.78, 5) is 23.3. The third kappa shape index (κ3) is 3.68. The first-order valence-electron chi connectivity index (χ1n) is 5.59. The van der Waals surface area contributed by atoms with Crippen LogP contribution in [0, 0.1) is 18.3 Å². The van der Waals surface area contributed by atoms with Gasteiger partial charge in [-0.3, -0.25) is 4.79 Å². The first kappa shape index (κ1) is 14.5. The Bertz CT molecular complexity index is 579. The van der Waals surface area contributed by atoms with Gasteiger partial charge in [0.2, 0.25) is 5.78 Å². The van der Waals surface area contributed by atoms with Crippen LogP contribution in [0.2, 0.25) is 0 Å². The summed E-state index contributed by atoms with van der Waals surface area (Å²) in [6.45, 7) is 2.72. The van der Waals surface area contributed by atoms with Gasteiger partial charge < -0.3 is 10.5 Å². The topological polar surface area (TPSA) is 93.2 Å². The zero-order valence-electron chi connectivity index (χ0n) is 10.8. The number of nitriles is 1. The third-order valence-corrected chi connectivity index (χ3v) is 2.48. The Balaban J connectivity index is 2.72. The molecule has 5 heteroatoms. The number of ketones is 1. The van der Waals surface area contributed by atoms with E-state index in [2.05, 4.69) is 0 Å². The first-order valence-corrected chi connectivity index (χ1v) is 5.59. The normalized spacial score (nSPS) is 11.2. The molecule has 0 heterocycles. The number of esters is 1. The summed E-state index contributed by atoms with van der Waals surface area (Å²) in [5, 5.41) is 8.74. The Morgan fingerprint density at radius 3 is 2.53 bits per heavy atom. The van der Waals surface area contributed by atoms with Gasteiger partial charge in [-0.15, -0.1) is 0 Å². The average Bonchev–Trinajstić information content (AvgIpc) is 2.37. The SMILES string of the molecule is C/C(N)=C(/C#N)C(=O)COC(=O)c1ccccc1C. The summed E-state index contributed by atoms with van der Waals surface area (Å²) in [7, 11) is 0. The van der Waals surface area contributed by atoms with Crippen molar-refractivity contribution in [2.45, 2.75) is 13.8 Å². The van der Waals surface area contributed by atoms with E-state index < -0.39 is 18.4 Å². The predicted molar refractivity (Wildman–Crippen MR) is 69.0 cm³/mol. The second-order valence-corrected chi connectivity index (χ2v) is 3.98. The zero-order valence-corrected chi connectivity index (χ0v) is 10.8. The van der Waals surface area contributed by atoms with Crippen LogP contribution in [-0.2, 0) is 9.53 Å². The van der Waals surface area contributed by atoms with Crippen LogP contribution in [0.15, 0.2) is 35.5 Å². The molecule has 1 rings (SSSR count). The van der Waals surface area contributed by atoms with Crippen molar-refractivity contribution in [3.8, 4) is 6.07 Å². The first-order chi connectivity index (χ1) is 8.97. The fraction of sp³-hybridized carbons (Fsp3) is 0.214. The molecule has 5 nitrogen and oxygen atoms in total. The number of allylic oxidation sites excluding steroid dienone is 1. The van der Waals surface area contributed by atoms with Crippen LogP contribution in [0.25, 0.3) is 0 Å². The molecular formula is C14H14N2O3. The highest BCUT2D eigenvalue weighted by atomic mass is 16.5. The molecule has 0 fully saturated rings. The van der Waals surface area contributed by atoms with Gasteiger partial charge in [0.05, 0.1) is 5.56 Å². The van der Waals surface area contributed by atoms with Crippen molar-refractivity contribution < 1.29 is 14.3 Å². The quantitative estimate of drug-likeness (QED) is 0.501. The number of hydrogen-bond donors (Lipinski definition) is 1. The van der Waals surface area contributed by atoms with Gasteiger partial charge >= 0.3 is 5.97 Å². The summed E-state index contributed by atoms with van der Waals surface area (Å²) in [5.74, 6) is -1.21. The Kier molecular flexibility index (Phi) is 4.84. The minimum absolute atomic E-state index is 0.111. The Labute approximate surface area is 111 Å². The third-order valence-electron chi connectivity index (χ3n) is 2.48. The number of hydrogen-bond acceptors (Lipinski definition) is 5. The number of aryl methyl sites for hydroxylation is 1. The number of rotatable bonds is 4. The van der Waals surface area contributed by atoms with E-state index in [4.69, 9.17) is 15.7 Å². The van der Waals surface area contributed by atoms with Crippen molar-refractivity contribution >= 4 is 11.8 Å². The van der Waals surface area contributed by atoms with Gasteiger partial charge in [-0.1, -0.05) is 18.2 Å². The van der Waals surface area contributed by atoms with Gasteiger partial charge in [-0.25, -0.2) is 4.79 Å². The maximum absolute atomic E-state index is 11.7. The molecule has 0 unspecified atom stereocenters. The van der Waals surface area contributed by atoms with Crippen molar-refractivity contribution in [2.75, 3.05) is 6.61 Å². The molecule has 19 heavy (non-hydrogen) atoms. The maximum Gasteiger partial charge on any atom is 0.338 e. The van der Waals surface area contributed by atoms with Crippen LogP contribution in [0.3, 0.4) is 0 Å². The Morgan fingerprint density at radius 1 is 1.37 bits per heavy atom. The molecule has 0 atom stereocenters. The van der Waals surface area contributed by atoms with Crippen molar-refractivity contribution in [2.24, 2.45) is 5.73 Å². The molecule has 98 valence electrons. The minimum Gasteiger partial charge on any atom is -0.454 e. The largest absolute Gasteiger partial charge is 0.454 e. The number of carbonyl (C=O) groups excluding carboxylic acids is 2. The molecule has 1 aromatic rings. The molecule has 0 aliphatic rings. The lowest BCUT2D eigenvalue weighted by molar-refractivity contribution is -0.118. The summed E-state index contributed by atoms with van der Waals surface area (Å²) < 4.78 is 4.87. The average molecular weight is 258 g/mol. The van der Waals surface area contributed by atoms with E-state index in [0.29, 0.717) is 5.56 Å². The minimum atomic E-state index is -0.607. The molecule has 0 aliphatic carbocycles. The van der Waals surface area contributed by atoms with Gasteiger partial charge in [0.25, 0.3) is 0 Å². The summed E-state index contributed by atoms with van der Waals surface area (Å²) in [6, 6.07) is 8.57. The second kappa shape index (κ2) is 6.36. The lowest BCUT2D eigenvalue weighted by Gasteiger charge is -2.06. The highest BCUT2D eigenvalue weighted by molar-refractivity contribution is 6.02. The van der Waals surface area contributed by atoms with Crippen molar-refractivity contribution in [1.82, 2.24) is 0 Å². The molecule has 1 aromatic carbocycles. The molecule has 0 bridgehead atoms.